The fourth-order valence-electron chi connectivity index (χ4n) is 2.40. The van der Waals surface area contributed by atoms with Gasteiger partial charge in [-0.05, 0) is 36.8 Å². The summed E-state index contributed by atoms with van der Waals surface area (Å²) in [6, 6.07) is 12.2. The molecule has 0 aromatic heterocycles. The first-order valence-electron chi connectivity index (χ1n) is 8.40. The Labute approximate surface area is 150 Å². The van der Waals surface area contributed by atoms with Crippen molar-refractivity contribution in [1.29, 1.82) is 0 Å². The van der Waals surface area contributed by atoms with Crippen molar-refractivity contribution in [3.8, 4) is 11.5 Å². The van der Waals surface area contributed by atoms with Gasteiger partial charge in [0.2, 0.25) is 0 Å². The average Bonchev–Trinajstić information content (AvgIpc) is 2.62. The zero-order valence-corrected chi connectivity index (χ0v) is 14.4. The molecule has 0 aliphatic heterocycles. The third kappa shape index (κ3) is 5.65. The molecule has 0 radical (unpaired) electrons. The van der Waals surface area contributed by atoms with Crippen LogP contribution >= 0.6 is 0 Å². The molecule has 0 bridgehead atoms. The molecule has 0 spiro atoms. The van der Waals surface area contributed by atoms with Crippen LogP contribution in [0.2, 0.25) is 0 Å². The lowest BCUT2D eigenvalue weighted by Gasteiger charge is -2.12. The number of esters is 1. The Morgan fingerprint density at radius 1 is 1.04 bits per heavy atom. The van der Waals surface area contributed by atoms with E-state index >= 15 is 0 Å². The predicted molar refractivity (Wildman–Crippen MR) is 92.9 cm³/mol. The highest BCUT2D eigenvalue weighted by molar-refractivity contribution is 6.01. The van der Waals surface area contributed by atoms with Crippen LogP contribution in [0.4, 0.5) is 8.78 Å². The normalized spacial score (nSPS) is 10.6. The van der Waals surface area contributed by atoms with Crippen molar-refractivity contribution in [2.24, 2.45) is 0 Å². The van der Waals surface area contributed by atoms with Gasteiger partial charge in [0.15, 0.2) is 5.78 Å². The highest BCUT2D eigenvalue weighted by Crippen LogP contribution is 2.25. The van der Waals surface area contributed by atoms with Crippen molar-refractivity contribution in [2.45, 2.75) is 39.2 Å². The third-order valence-corrected chi connectivity index (χ3v) is 3.69. The molecule has 0 saturated heterocycles. The minimum absolute atomic E-state index is 0.0380. The summed E-state index contributed by atoms with van der Waals surface area (Å²) in [7, 11) is 0. The first kappa shape index (κ1) is 19.6. The van der Waals surface area contributed by atoms with Gasteiger partial charge in [-0.3, -0.25) is 4.79 Å². The molecule has 0 unspecified atom stereocenters. The molecule has 0 atom stereocenters. The van der Waals surface area contributed by atoms with E-state index in [0.717, 1.165) is 12.8 Å². The number of unbranched alkanes of at least 4 members (excludes halogenated alkanes) is 2. The first-order valence-corrected chi connectivity index (χ1v) is 8.40. The number of ketones is 1. The smallest absolute Gasteiger partial charge is 0.387 e. The van der Waals surface area contributed by atoms with E-state index in [1.54, 1.807) is 30.3 Å². The fourth-order valence-corrected chi connectivity index (χ4v) is 2.40. The Hall–Kier alpha value is -2.76. The number of hydrogen-bond acceptors (Lipinski definition) is 4. The summed E-state index contributed by atoms with van der Waals surface area (Å²) in [6.07, 6.45) is 2.62. The predicted octanol–water partition coefficient (Wildman–Crippen LogP) is 5.27. The minimum atomic E-state index is -3.06. The largest absolute Gasteiger partial charge is 0.434 e. The van der Waals surface area contributed by atoms with E-state index in [4.69, 9.17) is 4.74 Å². The second-order valence-corrected chi connectivity index (χ2v) is 5.67. The molecule has 2 aromatic rings. The van der Waals surface area contributed by atoms with Crippen LogP contribution in [-0.4, -0.2) is 18.4 Å². The van der Waals surface area contributed by atoms with Gasteiger partial charge in [-0.1, -0.05) is 38.0 Å². The maximum Gasteiger partial charge on any atom is 0.387 e. The maximum atomic E-state index is 12.6. The Morgan fingerprint density at radius 3 is 2.42 bits per heavy atom. The molecular weight excluding hydrogens is 342 g/mol. The van der Waals surface area contributed by atoms with Crippen molar-refractivity contribution in [2.75, 3.05) is 0 Å². The van der Waals surface area contributed by atoms with Gasteiger partial charge in [0.25, 0.3) is 0 Å². The lowest BCUT2D eigenvalue weighted by molar-refractivity contribution is -0.0501. The van der Waals surface area contributed by atoms with Crippen molar-refractivity contribution in [3.63, 3.8) is 0 Å². The Kier molecular flexibility index (Phi) is 7.26. The number of rotatable bonds is 9. The second-order valence-electron chi connectivity index (χ2n) is 5.67. The van der Waals surface area contributed by atoms with E-state index in [1.165, 1.54) is 18.2 Å². The molecule has 6 heteroatoms. The number of benzene rings is 2. The number of Topliss-reactive ketones (excluding diaryl/α,β-unsaturated/α-hetero) is 1. The van der Waals surface area contributed by atoms with Crippen LogP contribution in [0, 0.1) is 0 Å². The Morgan fingerprint density at radius 2 is 1.77 bits per heavy atom. The summed E-state index contributed by atoms with van der Waals surface area (Å²) < 4.78 is 34.8. The molecule has 0 fully saturated rings. The van der Waals surface area contributed by atoms with E-state index in [0.29, 0.717) is 12.2 Å². The number of carbonyl (C=O) groups is 2. The highest BCUT2D eigenvalue weighted by Gasteiger charge is 2.19. The summed E-state index contributed by atoms with van der Waals surface area (Å²) in [6.45, 7) is -1.06. The van der Waals surface area contributed by atoms with Crippen molar-refractivity contribution in [3.05, 3.63) is 59.7 Å². The lowest BCUT2D eigenvalue weighted by Crippen LogP contribution is -2.12. The van der Waals surface area contributed by atoms with Gasteiger partial charge in [-0.15, -0.1) is 0 Å². The molecule has 26 heavy (non-hydrogen) atoms. The minimum Gasteiger partial charge on any atom is -0.434 e. The van der Waals surface area contributed by atoms with Gasteiger partial charge in [0.1, 0.15) is 11.5 Å². The summed E-state index contributed by atoms with van der Waals surface area (Å²) >= 11 is 0. The van der Waals surface area contributed by atoms with Crippen molar-refractivity contribution < 1.29 is 27.8 Å². The molecule has 2 aromatic carbocycles. The monoisotopic (exact) mass is 362 g/mol. The van der Waals surface area contributed by atoms with E-state index in [1.807, 2.05) is 6.92 Å². The first-order chi connectivity index (χ1) is 12.5. The van der Waals surface area contributed by atoms with Crippen LogP contribution in [0.15, 0.2) is 48.5 Å². The zero-order valence-electron chi connectivity index (χ0n) is 14.4. The number of para-hydroxylation sites is 1. The van der Waals surface area contributed by atoms with Crippen LogP contribution in [0.3, 0.4) is 0 Å². The van der Waals surface area contributed by atoms with Gasteiger partial charge in [0.05, 0.1) is 11.1 Å². The molecule has 4 nitrogen and oxygen atoms in total. The highest BCUT2D eigenvalue weighted by atomic mass is 19.3. The Bertz CT molecular complexity index is 745. The molecule has 0 N–H and O–H groups in total. The SMILES string of the molecule is CCCCCC(=O)c1cc(C(=O)Oc2ccccc2)ccc1OC(F)F. The van der Waals surface area contributed by atoms with Gasteiger partial charge in [0, 0.05) is 6.42 Å². The van der Waals surface area contributed by atoms with Gasteiger partial charge in [-0.25, -0.2) is 4.79 Å². The van der Waals surface area contributed by atoms with Crippen LogP contribution in [0.25, 0.3) is 0 Å². The molecule has 138 valence electrons. The summed E-state index contributed by atoms with van der Waals surface area (Å²) in [5.41, 5.74) is 0.0539. The maximum absolute atomic E-state index is 12.6. The van der Waals surface area contributed by atoms with E-state index < -0.39 is 12.6 Å². The summed E-state index contributed by atoms with van der Waals surface area (Å²) in [5, 5.41) is 0. The third-order valence-electron chi connectivity index (χ3n) is 3.69. The molecule has 0 heterocycles. The molecule has 2 rings (SSSR count). The van der Waals surface area contributed by atoms with Crippen LogP contribution in [0.1, 0.15) is 53.3 Å². The van der Waals surface area contributed by atoms with Crippen LogP contribution < -0.4 is 9.47 Å². The number of ether oxygens (including phenoxy) is 2. The standard InChI is InChI=1S/C20H20F2O4/c1-2-3-5-10-17(23)16-13-14(11-12-18(16)26-20(21)22)19(24)25-15-8-6-4-7-9-15/h4,6-9,11-13,20H,2-3,5,10H2,1H3. The number of halogens is 2. The summed E-state index contributed by atoms with van der Waals surface area (Å²) in [4.78, 5) is 24.6. The van der Waals surface area contributed by atoms with Crippen molar-refractivity contribution in [1.82, 2.24) is 0 Å². The number of alkyl halides is 2. The summed E-state index contributed by atoms with van der Waals surface area (Å²) in [5.74, 6) is -0.912. The van der Waals surface area contributed by atoms with E-state index in [9.17, 15) is 18.4 Å². The molecule has 0 aliphatic rings. The van der Waals surface area contributed by atoms with E-state index in [2.05, 4.69) is 4.74 Å². The molecule has 0 amide bonds. The fraction of sp³-hybridized carbons (Fsp3) is 0.300. The van der Waals surface area contributed by atoms with E-state index in [-0.39, 0.29) is 29.1 Å². The van der Waals surface area contributed by atoms with Crippen LogP contribution in [-0.2, 0) is 0 Å². The molecule has 0 saturated carbocycles. The van der Waals surface area contributed by atoms with Crippen molar-refractivity contribution >= 4 is 11.8 Å². The topological polar surface area (TPSA) is 52.6 Å². The molecular formula is C20H20F2O4. The molecule has 0 aliphatic carbocycles. The van der Waals surface area contributed by atoms with Gasteiger partial charge in [-0.2, -0.15) is 8.78 Å². The zero-order chi connectivity index (χ0) is 18.9. The van der Waals surface area contributed by atoms with Gasteiger partial charge >= 0.3 is 12.6 Å². The van der Waals surface area contributed by atoms with Gasteiger partial charge < -0.3 is 9.47 Å². The quantitative estimate of drug-likeness (QED) is 0.264. The van der Waals surface area contributed by atoms with Crippen LogP contribution in [0.5, 0.6) is 11.5 Å². The average molecular weight is 362 g/mol. The second kappa shape index (κ2) is 9.65. The number of carbonyl (C=O) groups excluding carboxylic acids is 2. The number of hydrogen-bond donors (Lipinski definition) is 0. The Balaban J connectivity index is 2.23. The lowest BCUT2D eigenvalue weighted by atomic mass is 10.0.